The standard InChI is InChI=1S/C21H17ClF2N6O2/c1-9(31)29(2)20-18(24)17(22)16(12-6-25-28-19(12)20)10-3-4-15-26-14(8-30(15)7-10)27-21(32)11-5-13(11)23/h3-4,6-8,11,13H,5H2,1-2H3,(H,25,28)(H,27,32)/t11-,13+/m1/s1. The molecule has 3 aromatic heterocycles. The number of H-pyrrole nitrogens is 1. The van der Waals surface area contributed by atoms with Gasteiger partial charge in [-0.15, -0.1) is 0 Å². The van der Waals surface area contributed by atoms with Crippen LogP contribution in [-0.4, -0.2) is 44.6 Å². The van der Waals surface area contributed by atoms with E-state index < -0.39 is 23.8 Å². The number of nitrogens with one attached hydrogen (secondary N) is 2. The quantitative estimate of drug-likeness (QED) is 0.484. The molecule has 1 aromatic carbocycles. The van der Waals surface area contributed by atoms with Gasteiger partial charge in [0, 0.05) is 36.7 Å². The van der Waals surface area contributed by atoms with Gasteiger partial charge in [-0.05, 0) is 18.6 Å². The Kier molecular flexibility index (Phi) is 4.63. The number of benzene rings is 1. The molecule has 2 N–H and O–H groups in total. The number of hydrogen-bond donors (Lipinski definition) is 2. The fourth-order valence-corrected chi connectivity index (χ4v) is 4.01. The maximum absolute atomic E-state index is 15.3. The van der Waals surface area contributed by atoms with Crippen molar-refractivity contribution in [1.82, 2.24) is 19.6 Å². The third-order valence-electron chi connectivity index (χ3n) is 5.61. The van der Waals surface area contributed by atoms with Gasteiger partial charge in [-0.2, -0.15) is 5.10 Å². The molecule has 1 aliphatic carbocycles. The summed E-state index contributed by atoms with van der Waals surface area (Å²) < 4.78 is 30.0. The Balaban J connectivity index is 1.59. The van der Waals surface area contributed by atoms with Gasteiger partial charge in [0.25, 0.3) is 0 Å². The van der Waals surface area contributed by atoms with Gasteiger partial charge in [0.05, 0.1) is 28.9 Å². The van der Waals surface area contributed by atoms with Crippen molar-refractivity contribution < 1.29 is 18.4 Å². The Labute approximate surface area is 185 Å². The highest BCUT2D eigenvalue weighted by Gasteiger charge is 2.43. The minimum atomic E-state index is -1.10. The van der Waals surface area contributed by atoms with Crippen LogP contribution in [0.2, 0.25) is 5.02 Å². The van der Waals surface area contributed by atoms with E-state index in [1.807, 2.05) is 0 Å². The van der Waals surface area contributed by atoms with Crippen LogP contribution in [0.1, 0.15) is 13.3 Å². The van der Waals surface area contributed by atoms with E-state index in [1.54, 1.807) is 28.9 Å². The van der Waals surface area contributed by atoms with E-state index in [0.717, 1.165) is 0 Å². The second-order valence-electron chi connectivity index (χ2n) is 7.75. The van der Waals surface area contributed by atoms with E-state index >= 15 is 4.39 Å². The third kappa shape index (κ3) is 3.18. The van der Waals surface area contributed by atoms with Gasteiger partial charge >= 0.3 is 0 Å². The molecule has 0 saturated heterocycles. The summed E-state index contributed by atoms with van der Waals surface area (Å²) >= 11 is 6.43. The van der Waals surface area contributed by atoms with Crippen molar-refractivity contribution in [2.45, 2.75) is 19.5 Å². The lowest BCUT2D eigenvalue weighted by Crippen LogP contribution is -2.24. The lowest BCUT2D eigenvalue weighted by atomic mass is 10.0. The Morgan fingerprint density at radius 3 is 2.78 bits per heavy atom. The highest BCUT2D eigenvalue weighted by atomic mass is 35.5. The van der Waals surface area contributed by atoms with Crippen LogP contribution < -0.4 is 10.2 Å². The van der Waals surface area contributed by atoms with Gasteiger partial charge in [0.1, 0.15) is 17.5 Å². The smallest absolute Gasteiger partial charge is 0.231 e. The van der Waals surface area contributed by atoms with E-state index in [-0.39, 0.29) is 28.9 Å². The van der Waals surface area contributed by atoms with E-state index in [2.05, 4.69) is 20.5 Å². The lowest BCUT2D eigenvalue weighted by molar-refractivity contribution is -0.118. The van der Waals surface area contributed by atoms with Crippen LogP contribution in [0.15, 0.2) is 30.7 Å². The number of rotatable bonds is 4. The van der Waals surface area contributed by atoms with Gasteiger partial charge in [-0.25, -0.2) is 13.8 Å². The largest absolute Gasteiger partial charge is 0.311 e. The summed E-state index contributed by atoms with van der Waals surface area (Å²) in [6.45, 7) is 1.32. The zero-order valence-electron chi connectivity index (χ0n) is 17.0. The van der Waals surface area contributed by atoms with Crippen LogP contribution >= 0.6 is 11.6 Å². The summed E-state index contributed by atoms with van der Waals surface area (Å²) in [5, 5.41) is 9.75. The lowest BCUT2D eigenvalue weighted by Gasteiger charge is -2.19. The molecule has 0 bridgehead atoms. The molecule has 0 radical (unpaired) electrons. The van der Waals surface area contributed by atoms with Gasteiger partial charge in [0.2, 0.25) is 11.8 Å². The Morgan fingerprint density at radius 1 is 1.34 bits per heavy atom. The zero-order valence-corrected chi connectivity index (χ0v) is 17.7. The molecule has 1 saturated carbocycles. The van der Waals surface area contributed by atoms with Crippen molar-refractivity contribution in [3.8, 4) is 11.1 Å². The number of hydrogen-bond acceptors (Lipinski definition) is 4. The number of halogens is 3. The Bertz CT molecular complexity index is 1410. The number of carbonyl (C=O) groups is 2. The van der Waals surface area contributed by atoms with E-state index in [0.29, 0.717) is 27.7 Å². The molecule has 1 fully saturated rings. The maximum Gasteiger partial charge on any atom is 0.231 e. The van der Waals surface area contributed by atoms with Gasteiger partial charge in [0.15, 0.2) is 11.6 Å². The first-order valence-electron chi connectivity index (χ1n) is 9.78. The molecule has 0 unspecified atom stereocenters. The van der Waals surface area contributed by atoms with Crippen molar-refractivity contribution >= 4 is 51.5 Å². The average Bonchev–Trinajstić information content (AvgIpc) is 3.11. The average molecular weight is 459 g/mol. The number of fused-ring (bicyclic) bond motifs is 2. The van der Waals surface area contributed by atoms with Crippen LogP contribution in [0.5, 0.6) is 0 Å². The number of aromatic amines is 1. The molecule has 3 heterocycles. The molecule has 8 nitrogen and oxygen atoms in total. The molecule has 164 valence electrons. The van der Waals surface area contributed by atoms with Crippen LogP contribution in [0, 0.1) is 11.7 Å². The molecule has 11 heteroatoms. The summed E-state index contributed by atoms with van der Waals surface area (Å²) in [6, 6.07) is 3.41. The number of aromatic nitrogens is 4. The van der Waals surface area contributed by atoms with Crippen molar-refractivity contribution in [3.63, 3.8) is 0 Å². The number of pyridine rings is 1. The minimum Gasteiger partial charge on any atom is -0.311 e. The van der Waals surface area contributed by atoms with Crippen LogP contribution in [0.3, 0.4) is 0 Å². The molecule has 32 heavy (non-hydrogen) atoms. The number of imidazole rings is 1. The minimum absolute atomic E-state index is 0.0127. The first-order valence-corrected chi connectivity index (χ1v) is 10.2. The molecular formula is C21H17ClF2N6O2. The van der Waals surface area contributed by atoms with Crippen LogP contribution in [-0.2, 0) is 9.59 Å². The SMILES string of the molecule is CC(=O)N(C)c1c(F)c(Cl)c(-c2ccc3nc(NC(=O)[C@@H]4C[C@@H]4F)cn3c2)c2cn[nH]c12. The normalized spacial score (nSPS) is 17.7. The highest BCUT2D eigenvalue weighted by molar-refractivity contribution is 6.36. The molecule has 0 aliphatic heterocycles. The summed E-state index contributed by atoms with van der Waals surface area (Å²) in [4.78, 5) is 29.3. The summed E-state index contributed by atoms with van der Waals surface area (Å²) in [6.07, 6.45) is 3.91. The van der Waals surface area contributed by atoms with E-state index in [4.69, 9.17) is 11.6 Å². The van der Waals surface area contributed by atoms with Crippen molar-refractivity contribution in [2.75, 3.05) is 17.3 Å². The summed E-state index contributed by atoms with van der Waals surface area (Å²) in [5.74, 6) is -1.85. The summed E-state index contributed by atoms with van der Waals surface area (Å²) in [5.41, 5.74) is 1.85. The second-order valence-corrected chi connectivity index (χ2v) is 8.12. The predicted molar refractivity (Wildman–Crippen MR) is 116 cm³/mol. The van der Waals surface area contributed by atoms with E-state index in [1.165, 1.54) is 25.1 Å². The molecule has 0 spiro atoms. The fourth-order valence-electron chi connectivity index (χ4n) is 3.71. The van der Waals surface area contributed by atoms with E-state index in [9.17, 15) is 14.0 Å². The number of alkyl halides is 1. The highest BCUT2D eigenvalue weighted by Crippen LogP contribution is 2.42. The summed E-state index contributed by atoms with van der Waals surface area (Å²) in [7, 11) is 1.46. The monoisotopic (exact) mass is 458 g/mol. The van der Waals surface area contributed by atoms with Gasteiger partial charge < -0.3 is 14.6 Å². The second kappa shape index (κ2) is 7.27. The molecule has 5 rings (SSSR count). The zero-order chi connectivity index (χ0) is 22.7. The maximum atomic E-state index is 15.3. The first kappa shape index (κ1) is 20.4. The number of nitrogens with zero attached hydrogens (tertiary/aromatic N) is 4. The van der Waals surface area contributed by atoms with Crippen LogP contribution in [0.4, 0.5) is 20.3 Å². The van der Waals surface area contributed by atoms with Crippen molar-refractivity contribution in [2.24, 2.45) is 5.92 Å². The number of amides is 2. The molecule has 2 atom stereocenters. The van der Waals surface area contributed by atoms with Gasteiger partial charge in [-0.3, -0.25) is 14.7 Å². The predicted octanol–water partition coefficient (Wildman–Crippen LogP) is 3.95. The van der Waals surface area contributed by atoms with Crippen LogP contribution in [0.25, 0.3) is 27.7 Å². The molecule has 2 amide bonds. The molecule has 4 aromatic rings. The Hall–Kier alpha value is -3.53. The molecular weight excluding hydrogens is 442 g/mol. The Morgan fingerprint density at radius 2 is 2.09 bits per heavy atom. The molecule has 1 aliphatic rings. The third-order valence-corrected chi connectivity index (χ3v) is 5.97. The topological polar surface area (TPSA) is 95.4 Å². The van der Waals surface area contributed by atoms with Crippen molar-refractivity contribution in [1.29, 1.82) is 0 Å². The van der Waals surface area contributed by atoms with Gasteiger partial charge in [-0.1, -0.05) is 11.6 Å². The number of anilines is 2. The number of carbonyl (C=O) groups excluding carboxylic acids is 2. The fraction of sp³-hybridized carbons (Fsp3) is 0.238. The first-order chi connectivity index (χ1) is 15.3. The van der Waals surface area contributed by atoms with Crippen molar-refractivity contribution in [3.05, 3.63) is 41.6 Å².